The molecule has 23 heavy (non-hydrogen) atoms. The van der Waals surface area contributed by atoms with Gasteiger partial charge in [0.2, 0.25) is 0 Å². The van der Waals surface area contributed by atoms with Crippen molar-refractivity contribution in [2.45, 2.75) is 51.5 Å². The van der Waals surface area contributed by atoms with Crippen LogP contribution in [0.3, 0.4) is 0 Å². The molecule has 1 atom stereocenters. The molecule has 0 saturated carbocycles. The Bertz CT molecular complexity index is 520. The molecule has 1 nitrogen and oxygen atoms in total. The van der Waals surface area contributed by atoms with Crippen molar-refractivity contribution in [3.05, 3.63) is 71.8 Å². The molecule has 0 aliphatic heterocycles. The Hall–Kier alpha value is -1.60. The van der Waals surface area contributed by atoms with Gasteiger partial charge < -0.3 is 4.90 Å². The number of unbranched alkanes of at least 4 members (excludes halogenated alkanes) is 3. The van der Waals surface area contributed by atoms with E-state index in [0.29, 0.717) is 5.92 Å². The zero-order valence-electron chi connectivity index (χ0n) is 14.7. The van der Waals surface area contributed by atoms with Gasteiger partial charge in [-0.3, -0.25) is 0 Å². The second kappa shape index (κ2) is 10.2. The number of benzene rings is 2. The van der Waals surface area contributed by atoms with E-state index in [9.17, 15) is 0 Å². The number of likely N-dealkylation sites (N-methyl/N-ethyl adjacent to an activating group) is 1. The molecule has 2 aromatic rings. The molecule has 0 spiro atoms. The predicted molar refractivity (Wildman–Crippen MR) is 101 cm³/mol. The third-order valence-electron chi connectivity index (χ3n) is 4.50. The largest absolute Gasteiger partial charge is 0.302 e. The average molecular weight is 309 g/mol. The Kier molecular flexibility index (Phi) is 7.89. The van der Waals surface area contributed by atoms with Crippen molar-refractivity contribution >= 4 is 0 Å². The zero-order valence-corrected chi connectivity index (χ0v) is 14.7. The summed E-state index contributed by atoms with van der Waals surface area (Å²) in [4.78, 5) is 2.47. The van der Waals surface area contributed by atoms with Crippen LogP contribution in [0.2, 0.25) is 0 Å². The summed E-state index contributed by atoms with van der Waals surface area (Å²) in [6.45, 7) is 4.44. The molecule has 0 bridgehead atoms. The van der Waals surface area contributed by atoms with E-state index in [4.69, 9.17) is 0 Å². The second-order valence-electron chi connectivity index (χ2n) is 6.64. The summed E-state index contributed by atoms with van der Waals surface area (Å²) in [5.41, 5.74) is 2.89. The molecule has 2 aromatic carbocycles. The van der Waals surface area contributed by atoms with Crippen molar-refractivity contribution in [2.24, 2.45) is 0 Å². The van der Waals surface area contributed by atoms with Gasteiger partial charge in [-0.1, -0.05) is 93.3 Å². The van der Waals surface area contributed by atoms with Gasteiger partial charge in [-0.15, -0.1) is 0 Å². The van der Waals surface area contributed by atoms with E-state index >= 15 is 0 Å². The third kappa shape index (κ3) is 6.58. The van der Waals surface area contributed by atoms with Gasteiger partial charge in [-0.2, -0.15) is 0 Å². The minimum absolute atomic E-state index is 0.641. The summed E-state index contributed by atoms with van der Waals surface area (Å²) in [6, 6.07) is 21.8. The van der Waals surface area contributed by atoms with Crippen LogP contribution >= 0.6 is 0 Å². The van der Waals surface area contributed by atoms with Crippen molar-refractivity contribution in [2.75, 3.05) is 13.6 Å². The van der Waals surface area contributed by atoms with E-state index in [0.717, 1.165) is 13.1 Å². The van der Waals surface area contributed by atoms with Crippen LogP contribution in [0.4, 0.5) is 0 Å². The van der Waals surface area contributed by atoms with E-state index in [2.05, 4.69) is 79.5 Å². The van der Waals surface area contributed by atoms with E-state index in [-0.39, 0.29) is 0 Å². The SMILES string of the molecule is CCCCCCC(CN(C)Cc1ccccc1)c1ccccc1. The van der Waals surface area contributed by atoms with Gasteiger partial charge in [0, 0.05) is 13.1 Å². The first-order valence-electron chi connectivity index (χ1n) is 9.07. The van der Waals surface area contributed by atoms with E-state index in [1.54, 1.807) is 0 Å². The molecule has 0 aliphatic carbocycles. The van der Waals surface area contributed by atoms with Gasteiger partial charge in [0.05, 0.1) is 0 Å². The van der Waals surface area contributed by atoms with Gasteiger partial charge in [0.15, 0.2) is 0 Å². The maximum atomic E-state index is 2.47. The van der Waals surface area contributed by atoms with Gasteiger partial charge in [0.1, 0.15) is 0 Å². The molecule has 0 aliphatic rings. The average Bonchev–Trinajstić information content (AvgIpc) is 2.59. The molecule has 0 fully saturated rings. The number of rotatable bonds is 10. The smallest absolute Gasteiger partial charge is 0.0230 e. The molecule has 0 heterocycles. The van der Waals surface area contributed by atoms with E-state index < -0.39 is 0 Å². The summed E-state index contributed by atoms with van der Waals surface area (Å²) >= 11 is 0. The number of nitrogens with zero attached hydrogens (tertiary/aromatic N) is 1. The van der Waals surface area contributed by atoms with Crippen molar-refractivity contribution in [1.29, 1.82) is 0 Å². The third-order valence-corrected chi connectivity index (χ3v) is 4.50. The highest BCUT2D eigenvalue weighted by Crippen LogP contribution is 2.24. The van der Waals surface area contributed by atoms with Crippen LogP contribution in [0.25, 0.3) is 0 Å². The van der Waals surface area contributed by atoms with Crippen molar-refractivity contribution in [3.8, 4) is 0 Å². The summed E-state index contributed by atoms with van der Waals surface area (Å²) < 4.78 is 0. The highest BCUT2D eigenvalue weighted by molar-refractivity contribution is 5.20. The van der Waals surface area contributed by atoms with Crippen molar-refractivity contribution in [3.63, 3.8) is 0 Å². The van der Waals surface area contributed by atoms with Crippen LogP contribution in [-0.2, 0) is 6.54 Å². The molecule has 0 N–H and O–H groups in total. The van der Waals surface area contributed by atoms with Crippen LogP contribution < -0.4 is 0 Å². The van der Waals surface area contributed by atoms with Crippen LogP contribution in [0.1, 0.15) is 56.1 Å². The highest BCUT2D eigenvalue weighted by atomic mass is 15.1. The highest BCUT2D eigenvalue weighted by Gasteiger charge is 2.14. The van der Waals surface area contributed by atoms with Crippen molar-refractivity contribution in [1.82, 2.24) is 4.90 Å². The van der Waals surface area contributed by atoms with E-state index in [1.807, 2.05) is 0 Å². The van der Waals surface area contributed by atoms with Crippen LogP contribution in [0, 0.1) is 0 Å². The topological polar surface area (TPSA) is 3.24 Å². The molecule has 2 rings (SSSR count). The number of hydrogen-bond donors (Lipinski definition) is 0. The Morgan fingerprint density at radius 1 is 0.826 bits per heavy atom. The maximum absolute atomic E-state index is 2.47. The Labute approximate surface area is 142 Å². The Morgan fingerprint density at radius 3 is 2.13 bits per heavy atom. The predicted octanol–water partition coefficient (Wildman–Crippen LogP) is 5.87. The zero-order chi connectivity index (χ0) is 16.3. The maximum Gasteiger partial charge on any atom is 0.0230 e. The van der Waals surface area contributed by atoms with Gasteiger partial charge in [-0.25, -0.2) is 0 Å². The molecular formula is C22H31N. The van der Waals surface area contributed by atoms with Gasteiger partial charge >= 0.3 is 0 Å². The van der Waals surface area contributed by atoms with Crippen LogP contribution in [0.5, 0.6) is 0 Å². The first-order chi connectivity index (χ1) is 11.3. The molecule has 0 aromatic heterocycles. The molecule has 1 unspecified atom stereocenters. The second-order valence-corrected chi connectivity index (χ2v) is 6.64. The first kappa shape index (κ1) is 17.7. The lowest BCUT2D eigenvalue weighted by molar-refractivity contribution is 0.294. The van der Waals surface area contributed by atoms with E-state index in [1.165, 1.54) is 43.2 Å². The molecule has 0 amide bonds. The summed E-state index contributed by atoms with van der Waals surface area (Å²) in [5, 5.41) is 0. The molecular weight excluding hydrogens is 278 g/mol. The van der Waals surface area contributed by atoms with Gasteiger partial charge in [-0.05, 0) is 30.5 Å². The van der Waals surface area contributed by atoms with Gasteiger partial charge in [0.25, 0.3) is 0 Å². The lowest BCUT2D eigenvalue weighted by Gasteiger charge is -2.25. The monoisotopic (exact) mass is 309 g/mol. The molecule has 124 valence electrons. The quantitative estimate of drug-likeness (QED) is 0.496. The van der Waals surface area contributed by atoms with Crippen LogP contribution in [0.15, 0.2) is 60.7 Å². The summed E-state index contributed by atoms with van der Waals surface area (Å²) in [6.07, 6.45) is 6.67. The fourth-order valence-electron chi connectivity index (χ4n) is 3.24. The fourth-order valence-corrected chi connectivity index (χ4v) is 3.24. The fraction of sp³-hybridized carbons (Fsp3) is 0.455. The normalized spacial score (nSPS) is 12.5. The Morgan fingerprint density at radius 2 is 1.48 bits per heavy atom. The first-order valence-corrected chi connectivity index (χ1v) is 9.07. The summed E-state index contributed by atoms with van der Waals surface area (Å²) in [7, 11) is 2.25. The number of hydrogen-bond acceptors (Lipinski definition) is 1. The van der Waals surface area contributed by atoms with Crippen molar-refractivity contribution < 1.29 is 0 Å². The minimum Gasteiger partial charge on any atom is -0.302 e. The lowest BCUT2D eigenvalue weighted by Crippen LogP contribution is -2.24. The Balaban J connectivity index is 1.93. The molecule has 0 saturated heterocycles. The molecule has 1 heteroatoms. The minimum atomic E-state index is 0.641. The molecule has 0 radical (unpaired) electrons. The van der Waals surface area contributed by atoms with Crippen LogP contribution in [-0.4, -0.2) is 18.5 Å². The standard InChI is InChI=1S/C22H31N/c1-3-4-5-10-17-22(21-15-11-7-12-16-21)19-23(2)18-20-13-8-6-9-14-20/h6-9,11-16,22H,3-5,10,17-19H2,1-2H3. The summed E-state index contributed by atoms with van der Waals surface area (Å²) in [5.74, 6) is 0.641. The lowest BCUT2D eigenvalue weighted by atomic mass is 9.92.